The molecule has 1 spiro atoms. The molecular formula is C27H30N2O5. The number of nitrogens with one attached hydrogen (secondary N) is 2. The van der Waals surface area contributed by atoms with E-state index in [0.717, 1.165) is 41.5 Å². The van der Waals surface area contributed by atoms with E-state index in [1.54, 1.807) is 6.92 Å². The Bertz CT molecular complexity index is 1090. The molecule has 2 amide bonds. The van der Waals surface area contributed by atoms with Gasteiger partial charge in [-0.3, -0.25) is 4.79 Å². The lowest BCUT2D eigenvalue weighted by molar-refractivity contribution is -0.165. The van der Waals surface area contributed by atoms with Crippen LogP contribution in [0.15, 0.2) is 48.5 Å². The number of carbonyl (C=O) groups is 3. The first kappa shape index (κ1) is 22.4. The van der Waals surface area contributed by atoms with Gasteiger partial charge >= 0.3 is 12.1 Å². The average Bonchev–Trinajstić information content (AvgIpc) is 3.06. The largest absolute Gasteiger partial charge is 0.480 e. The Morgan fingerprint density at radius 1 is 1.03 bits per heavy atom. The van der Waals surface area contributed by atoms with Gasteiger partial charge in [0.1, 0.15) is 12.1 Å². The van der Waals surface area contributed by atoms with Gasteiger partial charge in [-0.15, -0.1) is 0 Å². The molecule has 0 heterocycles. The molecule has 1 unspecified atom stereocenters. The van der Waals surface area contributed by atoms with Crippen molar-refractivity contribution >= 4 is 18.0 Å². The number of alkyl carbamates (subject to hydrolysis) is 1. The van der Waals surface area contributed by atoms with E-state index in [1.165, 1.54) is 0 Å². The zero-order valence-electron chi connectivity index (χ0n) is 19.3. The van der Waals surface area contributed by atoms with Gasteiger partial charge in [0.2, 0.25) is 5.91 Å². The second-order valence-corrected chi connectivity index (χ2v) is 10.2. The molecule has 1 atom stereocenters. The number of ether oxygens (including phenoxy) is 1. The lowest BCUT2D eigenvalue weighted by atomic mass is 9.48. The molecule has 5 rings (SSSR count). The molecule has 0 bridgehead atoms. The third-order valence-corrected chi connectivity index (χ3v) is 7.76. The molecule has 3 aliphatic carbocycles. The molecule has 0 aromatic heterocycles. The standard InChI is InChI=1S/C27H30N2O5/c1-17(13-23(30)29-27(24(31)32)15-26(16-27)11-6-12-26)28-25(33)34-14-22-20-9-4-2-7-18(20)19-8-3-5-10-21(19)22/h2-5,7-10,17,22H,6,11-16H2,1H3,(H,28,33)(H,29,30)(H,31,32). The highest BCUT2D eigenvalue weighted by Crippen LogP contribution is 2.60. The summed E-state index contributed by atoms with van der Waals surface area (Å²) in [6, 6.07) is 15.8. The molecule has 0 aliphatic heterocycles. The number of rotatable bonds is 7. The van der Waals surface area contributed by atoms with Crippen LogP contribution in [0.2, 0.25) is 0 Å². The molecule has 7 nitrogen and oxygen atoms in total. The fourth-order valence-electron chi connectivity index (χ4n) is 6.04. The summed E-state index contributed by atoms with van der Waals surface area (Å²) in [6.07, 6.45) is 3.60. The van der Waals surface area contributed by atoms with Crippen LogP contribution in [0.5, 0.6) is 0 Å². The number of fused-ring (bicyclic) bond motifs is 3. The lowest BCUT2D eigenvalue weighted by Gasteiger charge is -2.59. The van der Waals surface area contributed by atoms with Gasteiger partial charge in [0.15, 0.2) is 0 Å². The molecule has 7 heteroatoms. The van der Waals surface area contributed by atoms with E-state index in [1.807, 2.05) is 24.3 Å². The third kappa shape index (κ3) is 3.93. The quantitative estimate of drug-likeness (QED) is 0.572. The smallest absolute Gasteiger partial charge is 0.407 e. The lowest BCUT2D eigenvalue weighted by Crippen LogP contribution is -2.68. The maximum Gasteiger partial charge on any atom is 0.407 e. The van der Waals surface area contributed by atoms with Crippen LogP contribution in [-0.2, 0) is 14.3 Å². The van der Waals surface area contributed by atoms with E-state index >= 15 is 0 Å². The highest BCUT2D eigenvalue weighted by molar-refractivity contribution is 5.88. The van der Waals surface area contributed by atoms with E-state index in [2.05, 4.69) is 34.9 Å². The van der Waals surface area contributed by atoms with E-state index in [4.69, 9.17) is 4.74 Å². The summed E-state index contributed by atoms with van der Waals surface area (Å²) in [7, 11) is 0. The molecule has 3 N–H and O–H groups in total. The van der Waals surface area contributed by atoms with Crippen molar-refractivity contribution in [1.82, 2.24) is 10.6 Å². The summed E-state index contributed by atoms with van der Waals surface area (Å²) in [5.41, 5.74) is 3.52. The monoisotopic (exact) mass is 462 g/mol. The van der Waals surface area contributed by atoms with Gasteiger partial charge < -0.3 is 20.5 Å². The predicted octanol–water partition coefficient (Wildman–Crippen LogP) is 4.21. The van der Waals surface area contributed by atoms with Crippen molar-refractivity contribution in [2.45, 2.75) is 62.9 Å². The number of hydrogen-bond acceptors (Lipinski definition) is 4. The number of benzene rings is 2. The van der Waals surface area contributed by atoms with Gasteiger partial charge in [0, 0.05) is 18.4 Å². The van der Waals surface area contributed by atoms with Crippen molar-refractivity contribution in [1.29, 1.82) is 0 Å². The van der Waals surface area contributed by atoms with E-state index in [-0.39, 0.29) is 30.3 Å². The Kier molecular flexibility index (Phi) is 5.58. The van der Waals surface area contributed by atoms with Crippen LogP contribution < -0.4 is 10.6 Å². The zero-order valence-corrected chi connectivity index (χ0v) is 19.3. The van der Waals surface area contributed by atoms with Crippen molar-refractivity contribution in [3.63, 3.8) is 0 Å². The van der Waals surface area contributed by atoms with Crippen LogP contribution in [0, 0.1) is 5.41 Å². The summed E-state index contributed by atoms with van der Waals surface area (Å²) >= 11 is 0. The minimum absolute atomic E-state index is 0.00771. The molecular weight excluding hydrogens is 432 g/mol. The summed E-state index contributed by atoms with van der Waals surface area (Å²) in [6.45, 7) is 1.91. The second kappa shape index (κ2) is 8.46. The fourth-order valence-corrected chi connectivity index (χ4v) is 6.04. The van der Waals surface area contributed by atoms with Gasteiger partial charge in [0.25, 0.3) is 0 Å². The first-order valence-corrected chi connectivity index (χ1v) is 12.0. The minimum Gasteiger partial charge on any atom is -0.480 e. The maximum absolute atomic E-state index is 12.5. The minimum atomic E-state index is -1.17. The number of carbonyl (C=O) groups excluding carboxylic acids is 2. The van der Waals surface area contributed by atoms with Crippen LogP contribution in [0.3, 0.4) is 0 Å². The van der Waals surface area contributed by atoms with E-state index < -0.39 is 23.6 Å². The van der Waals surface area contributed by atoms with Crippen molar-refractivity contribution in [2.75, 3.05) is 6.61 Å². The van der Waals surface area contributed by atoms with Gasteiger partial charge in [-0.05, 0) is 60.3 Å². The van der Waals surface area contributed by atoms with E-state index in [9.17, 15) is 19.5 Å². The zero-order chi connectivity index (χ0) is 23.9. The first-order chi connectivity index (χ1) is 16.3. The summed E-state index contributed by atoms with van der Waals surface area (Å²) in [5, 5.41) is 15.1. The molecule has 0 saturated heterocycles. The summed E-state index contributed by atoms with van der Waals surface area (Å²) in [5.74, 6) is -1.39. The first-order valence-electron chi connectivity index (χ1n) is 12.0. The molecule has 34 heavy (non-hydrogen) atoms. The molecule has 0 radical (unpaired) electrons. The summed E-state index contributed by atoms with van der Waals surface area (Å²) in [4.78, 5) is 36.8. The van der Waals surface area contributed by atoms with Gasteiger partial charge in [-0.2, -0.15) is 0 Å². The Balaban J connectivity index is 1.13. The highest BCUT2D eigenvalue weighted by Gasteiger charge is 2.61. The molecule has 2 aromatic rings. The Labute approximate surface area is 198 Å². The van der Waals surface area contributed by atoms with E-state index in [0.29, 0.717) is 12.8 Å². The Morgan fingerprint density at radius 3 is 2.15 bits per heavy atom. The fraction of sp³-hybridized carbons (Fsp3) is 0.444. The van der Waals surface area contributed by atoms with Crippen molar-refractivity contribution in [3.05, 3.63) is 59.7 Å². The molecule has 2 aromatic carbocycles. The van der Waals surface area contributed by atoms with Crippen LogP contribution in [0.1, 0.15) is 62.5 Å². The summed E-state index contributed by atoms with van der Waals surface area (Å²) < 4.78 is 5.54. The van der Waals surface area contributed by atoms with Gasteiger partial charge in [-0.25, -0.2) is 9.59 Å². The molecule has 2 fully saturated rings. The highest BCUT2D eigenvalue weighted by atomic mass is 16.5. The third-order valence-electron chi connectivity index (χ3n) is 7.76. The Morgan fingerprint density at radius 2 is 1.62 bits per heavy atom. The maximum atomic E-state index is 12.5. The molecule has 2 saturated carbocycles. The topological polar surface area (TPSA) is 105 Å². The van der Waals surface area contributed by atoms with Crippen molar-refractivity contribution in [2.24, 2.45) is 5.41 Å². The number of hydrogen-bond donors (Lipinski definition) is 3. The molecule has 178 valence electrons. The van der Waals surface area contributed by atoms with Gasteiger partial charge in [-0.1, -0.05) is 55.0 Å². The molecule has 3 aliphatic rings. The van der Waals surface area contributed by atoms with Crippen LogP contribution >= 0.6 is 0 Å². The second-order valence-electron chi connectivity index (χ2n) is 10.2. The van der Waals surface area contributed by atoms with Crippen molar-refractivity contribution < 1.29 is 24.2 Å². The van der Waals surface area contributed by atoms with Crippen LogP contribution in [-0.4, -0.2) is 41.3 Å². The normalized spacial score (nSPS) is 19.7. The number of amides is 2. The van der Waals surface area contributed by atoms with Gasteiger partial charge in [0.05, 0.1) is 0 Å². The van der Waals surface area contributed by atoms with Crippen molar-refractivity contribution in [3.8, 4) is 11.1 Å². The van der Waals surface area contributed by atoms with Crippen LogP contribution in [0.25, 0.3) is 11.1 Å². The average molecular weight is 463 g/mol. The number of carboxylic acid groups (broad SMARTS) is 1. The number of aliphatic carboxylic acids is 1. The predicted molar refractivity (Wildman–Crippen MR) is 126 cm³/mol. The number of carboxylic acids is 1. The SMILES string of the molecule is CC(CC(=O)NC1(C(=O)O)CC2(CCC2)C1)NC(=O)OCC1c2ccccc2-c2ccccc21. The van der Waals surface area contributed by atoms with Crippen LogP contribution in [0.4, 0.5) is 4.79 Å². The Hall–Kier alpha value is -3.35.